The average molecular weight is 314 g/mol. The van der Waals surface area contributed by atoms with Crippen molar-refractivity contribution in [3.8, 4) is 0 Å². The normalized spacial score (nSPS) is 27.5. The Kier molecular flexibility index (Phi) is 3.47. The molecule has 0 aromatic carbocycles. The van der Waals surface area contributed by atoms with E-state index in [1.807, 2.05) is 28.0 Å². The Morgan fingerprint density at radius 3 is 2.65 bits per heavy atom. The van der Waals surface area contributed by atoms with Crippen molar-refractivity contribution < 1.29 is 9.59 Å². The molecular formula is C17H22N4O2. The van der Waals surface area contributed by atoms with Crippen LogP contribution in [0, 0.1) is 5.41 Å². The van der Waals surface area contributed by atoms with Crippen LogP contribution in [0.1, 0.15) is 25.7 Å². The van der Waals surface area contributed by atoms with Crippen molar-refractivity contribution in [3.63, 3.8) is 0 Å². The zero-order valence-electron chi connectivity index (χ0n) is 13.3. The van der Waals surface area contributed by atoms with Gasteiger partial charge in [-0.05, 0) is 31.4 Å². The van der Waals surface area contributed by atoms with Gasteiger partial charge in [0.2, 0.25) is 5.91 Å². The van der Waals surface area contributed by atoms with Crippen molar-refractivity contribution in [2.45, 2.75) is 25.7 Å². The van der Waals surface area contributed by atoms with Crippen molar-refractivity contribution in [3.05, 3.63) is 24.4 Å². The molecule has 4 heterocycles. The fourth-order valence-corrected chi connectivity index (χ4v) is 4.10. The molecule has 1 spiro atoms. The van der Waals surface area contributed by atoms with E-state index in [1.54, 1.807) is 11.1 Å². The van der Waals surface area contributed by atoms with Gasteiger partial charge in [-0.1, -0.05) is 6.07 Å². The van der Waals surface area contributed by atoms with Crippen LogP contribution in [0.4, 0.5) is 10.6 Å². The van der Waals surface area contributed by atoms with Crippen molar-refractivity contribution in [2.75, 3.05) is 37.6 Å². The second-order valence-corrected chi connectivity index (χ2v) is 6.99. The number of carbonyl (C=O) groups is 2. The lowest BCUT2D eigenvalue weighted by atomic mass is 9.86. The van der Waals surface area contributed by atoms with E-state index >= 15 is 0 Å². The van der Waals surface area contributed by atoms with E-state index in [9.17, 15) is 9.59 Å². The quantitative estimate of drug-likeness (QED) is 0.793. The Bertz CT molecular complexity index is 614. The Labute approximate surface area is 136 Å². The molecule has 3 saturated heterocycles. The molecule has 0 aliphatic carbocycles. The largest absolute Gasteiger partial charge is 0.325 e. The lowest BCUT2D eigenvalue weighted by molar-refractivity contribution is -0.117. The molecule has 3 aliphatic heterocycles. The molecular weight excluding hydrogens is 292 g/mol. The lowest BCUT2D eigenvalue weighted by Gasteiger charge is -2.26. The van der Waals surface area contributed by atoms with Crippen LogP contribution < -0.4 is 4.90 Å². The predicted molar refractivity (Wildman–Crippen MR) is 86.0 cm³/mol. The first-order valence-electron chi connectivity index (χ1n) is 8.42. The van der Waals surface area contributed by atoms with Gasteiger partial charge in [-0.25, -0.2) is 9.78 Å². The van der Waals surface area contributed by atoms with Gasteiger partial charge in [-0.15, -0.1) is 0 Å². The molecule has 3 aliphatic rings. The molecule has 122 valence electrons. The third kappa shape index (κ3) is 2.56. The Balaban J connectivity index is 1.46. The number of urea groups is 1. The van der Waals surface area contributed by atoms with Crippen molar-refractivity contribution >= 4 is 17.8 Å². The van der Waals surface area contributed by atoms with E-state index < -0.39 is 0 Å². The van der Waals surface area contributed by atoms with Crippen LogP contribution in [-0.2, 0) is 4.79 Å². The van der Waals surface area contributed by atoms with Crippen LogP contribution >= 0.6 is 0 Å². The van der Waals surface area contributed by atoms with E-state index in [4.69, 9.17) is 0 Å². The second-order valence-electron chi connectivity index (χ2n) is 6.99. The maximum absolute atomic E-state index is 12.6. The number of nitrogens with zero attached hydrogens (tertiary/aromatic N) is 4. The maximum Gasteiger partial charge on any atom is 0.320 e. The highest BCUT2D eigenvalue weighted by Gasteiger charge is 2.49. The number of aromatic nitrogens is 1. The summed E-state index contributed by atoms with van der Waals surface area (Å²) in [4.78, 5) is 35.0. The summed E-state index contributed by atoms with van der Waals surface area (Å²) in [6.45, 7) is 3.88. The molecule has 1 unspecified atom stereocenters. The van der Waals surface area contributed by atoms with E-state index in [0.29, 0.717) is 19.5 Å². The van der Waals surface area contributed by atoms with Gasteiger partial charge in [0, 0.05) is 50.8 Å². The molecule has 3 fully saturated rings. The highest BCUT2D eigenvalue weighted by Crippen LogP contribution is 2.41. The first kappa shape index (κ1) is 14.5. The van der Waals surface area contributed by atoms with Gasteiger partial charge in [0.05, 0.1) is 0 Å². The standard InChI is InChI=1S/C17H22N4O2/c22-15-11-17(13-21(15)14-5-1-2-7-18-14)6-10-20(12-17)16(23)19-8-3-4-9-19/h1-2,5,7H,3-4,6,8-13H2. The highest BCUT2D eigenvalue weighted by molar-refractivity contribution is 5.95. The molecule has 3 amide bonds. The number of amides is 3. The predicted octanol–water partition coefficient (Wildman–Crippen LogP) is 1.73. The van der Waals surface area contributed by atoms with E-state index in [0.717, 1.165) is 44.7 Å². The minimum Gasteiger partial charge on any atom is -0.325 e. The summed E-state index contributed by atoms with van der Waals surface area (Å²) in [6.07, 6.45) is 5.35. The number of carbonyl (C=O) groups excluding carboxylic acids is 2. The molecule has 0 N–H and O–H groups in total. The topological polar surface area (TPSA) is 56.8 Å². The van der Waals surface area contributed by atoms with E-state index in [-0.39, 0.29) is 17.4 Å². The summed E-state index contributed by atoms with van der Waals surface area (Å²) in [5.74, 6) is 0.845. The number of likely N-dealkylation sites (tertiary alicyclic amines) is 2. The summed E-state index contributed by atoms with van der Waals surface area (Å²) >= 11 is 0. The van der Waals surface area contributed by atoms with Gasteiger partial charge in [-0.2, -0.15) is 0 Å². The molecule has 0 bridgehead atoms. The van der Waals surface area contributed by atoms with Crippen LogP contribution in [0.5, 0.6) is 0 Å². The van der Waals surface area contributed by atoms with E-state index in [1.165, 1.54) is 0 Å². The molecule has 1 aromatic rings. The molecule has 4 rings (SSSR count). The zero-order chi connectivity index (χ0) is 15.9. The minimum atomic E-state index is -0.0933. The van der Waals surface area contributed by atoms with Gasteiger partial charge in [0.25, 0.3) is 0 Å². The fourth-order valence-electron chi connectivity index (χ4n) is 4.10. The summed E-state index contributed by atoms with van der Waals surface area (Å²) in [5.41, 5.74) is -0.0933. The third-order valence-corrected chi connectivity index (χ3v) is 5.33. The smallest absolute Gasteiger partial charge is 0.320 e. The van der Waals surface area contributed by atoms with Gasteiger partial charge in [-0.3, -0.25) is 9.69 Å². The summed E-state index contributed by atoms with van der Waals surface area (Å²) in [7, 11) is 0. The lowest BCUT2D eigenvalue weighted by Crippen LogP contribution is -2.42. The molecule has 1 aromatic heterocycles. The van der Waals surface area contributed by atoms with Crippen molar-refractivity contribution in [2.24, 2.45) is 5.41 Å². The molecule has 0 saturated carbocycles. The van der Waals surface area contributed by atoms with Crippen LogP contribution in [-0.4, -0.2) is 59.4 Å². The molecule has 23 heavy (non-hydrogen) atoms. The van der Waals surface area contributed by atoms with Gasteiger partial charge in [0.15, 0.2) is 0 Å². The molecule has 1 atom stereocenters. The summed E-state index contributed by atoms with van der Waals surface area (Å²) in [6, 6.07) is 5.78. The molecule has 0 radical (unpaired) electrons. The summed E-state index contributed by atoms with van der Waals surface area (Å²) in [5, 5.41) is 0. The monoisotopic (exact) mass is 314 g/mol. The Morgan fingerprint density at radius 1 is 1.09 bits per heavy atom. The average Bonchev–Trinajstić information content (AvgIpc) is 3.29. The minimum absolute atomic E-state index is 0.0933. The SMILES string of the molecule is O=C(N1CCCC1)N1CCC2(CC(=O)N(c3ccccn3)C2)C1. The van der Waals surface area contributed by atoms with Crippen molar-refractivity contribution in [1.82, 2.24) is 14.8 Å². The summed E-state index contributed by atoms with van der Waals surface area (Å²) < 4.78 is 0. The number of anilines is 1. The zero-order valence-corrected chi connectivity index (χ0v) is 13.3. The number of hydrogen-bond donors (Lipinski definition) is 0. The molecule has 6 heteroatoms. The second kappa shape index (κ2) is 5.51. The molecule has 6 nitrogen and oxygen atoms in total. The number of rotatable bonds is 1. The third-order valence-electron chi connectivity index (χ3n) is 5.33. The van der Waals surface area contributed by atoms with Gasteiger partial charge in [0.1, 0.15) is 5.82 Å². The van der Waals surface area contributed by atoms with Crippen LogP contribution in [0.15, 0.2) is 24.4 Å². The van der Waals surface area contributed by atoms with Crippen LogP contribution in [0.25, 0.3) is 0 Å². The number of hydrogen-bond acceptors (Lipinski definition) is 3. The fraction of sp³-hybridized carbons (Fsp3) is 0.588. The maximum atomic E-state index is 12.6. The van der Waals surface area contributed by atoms with Crippen molar-refractivity contribution in [1.29, 1.82) is 0 Å². The van der Waals surface area contributed by atoms with Crippen LogP contribution in [0.2, 0.25) is 0 Å². The van der Waals surface area contributed by atoms with Gasteiger partial charge < -0.3 is 9.80 Å². The van der Waals surface area contributed by atoms with Crippen LogP contribution in [0.3, 0.4) is 0 Å². The first-order valence-corrected chi connectivity index (χ1v) is 8.42. The van der Waals surface area contributed by atoms with Gasteiger partial charge >= 0.3 is 6.03 Å². The first-order chi connectivity index (χ1) is 11.2. The number of pyridine rings is 1. The van der Waals surface area contributed by atoms with E-state index in [2.05, 4.69) is 4.98 Å². The Hall–Kier alpha value is -2.11. The highest BCUT2D eigenvalue weighted by atomic mass is 16.2. The Morgan fingerprint density at radius 2 is 1.91 bits per heavy atom.